The molecule has 1 amide bonds. The minimum absolute atomic E-state index is 0.0244. The number of unbranched alkanes of at least 4 members (excludes halogenated alkanes) is 2. The van der Waals surface area contributed by atoms with E-state index in [1.54, 1.807) is 34.9 Å². The van der Waals surface area contributed by atoms with Crippen molar-refractivity contribution in [1.29, 1.82) is 0 Å². The number of amides is 1. The Labute approximate surface area is 362 Å². The van der Waals surface area contributed by atoms with E-state index in [-0.39, 0.29) is 63.0 Å². The zero-order valence-electron chi connectivity index (χ0n) is 34.4. The van der Waals surface area contributed by atoms with Gasteiger partial charge in [0.15, 0.2) is 0 Å². The van der Waals surface area contributed by atoms with Crippen molar-refractivity contribution in [2.24, 2.45) is 22.9 Å². The summed E-state index contributed by atoms with van der Waals surface area (Å²) in [4.78, 5) is 23.0. The highest BCUT2D eigenvalue weighted by Crippen LogP contribution is 2.62. The molecule has 3 aromatic rings. The van der Waals surface area contributed by atoms with Crippen LogP contribution >= 0.6 is 23.4 Å². The summed E-state index contributed by atoms with van der Waals surface area (Å²) in [5.74, 6) is -0.299. The lowest BCUT2D eigenvalue weighted by molar-refractivity contribution is -0.256. The Morgan fingerprint density at radius 1 is 1.05 bits per heavy atom. The van der Waals surface area contributed by atoms with Crippen LogP contribution in [0.1, 0.15) is 68.9 Å². The van der Waals surface area contributed by atoms with Gasteiger partial charge >= 0.3 is 6.09 Å². The Morgan fingerprint density at radius 3 is 2.53 bits per heavy atom. The van der Waals surface area contributed by atoms with Crippen molar-refractivity contribution in [3.63, 3.8) is 0 Å². The molecule has 2 N–H and O–H groups in total. The fraction of sp³-hybridized carbons (Fsp3) is 0.489. The highest BCUT2D eigenvalue weighted by atomic mass is 35.5. The zero-order chi connectivity index (χ0) is 42.3. The molecule has 10 nitrogen and oxygen atoms in total. The molecule has 13 heteroatoms. The van der Waals surface area contributed by atoms with E-state index in [9.17, 15) is 19.4 Å². The number of ether oxygens (including phenoxy) is 4. The van der Waals surface area contributed by atoms with Crippen LogP contribution in [0, 0.1) is 23.6 Å². The summed E-state index contributed by atoms with van der Waals surface area (Å²) in [6.45, 7) is 7.02. The van der Waals surface area contributed by atoms with E-state index >= 15 is 0 Å². The van der Waals surface area contributed by atoms with E-state index < -0.39 is 29.7 Å². The molecule has 6 atom stereocenters. The van der Waals surface area contributed by atoms with Crippen molar-refractivity contribution in [2.75, 3.05) is 51.3 Å². The number of halogens is 2. The van der Waals surface area contributed by atoms with Crippen molar-refractivity contribution in [3.8, 4) is 11.5 Å². The first-order valence-corrected chi connectivity index (χ1v) is 22.6. The number of alkyl halides is 1. The Morgan fingerprint density at radius 2 is 1.82 bits per heavy atom. The standard InChI is InChI=1S/C47H58ClFN2O8S/c1-3-25-57-47-43(51(46(54)56-26-22-48)32-33-16-18-35(49)19-17-33)31-41(50-58-4-2)39-29-34(12-8-10-23-52)38(15-9-11-24-53)44(45(39)47)40-30-36(20-21-42(40)59-47)55-27-28-60-37-13-6-5-7-14-37/h3,5-7,13-14,16-21,29-30,34,38,43-45,52-53H,1,4,8-12,15,22-28,31-32H2,2H3/t34-,38+,43-,44+,45+,47+/m0/s1. The third-order valence-corrected chi connectivity index (χ3v) is 12.6. The lowest BCUT2D eigenvalue weighted by Gasteiger charge is -2.59. The lowest BCUT2D eigenvalue weighted by atomic mass is 9.55. The van der Waals surface area contributed by atoms with Gasteiger partial charge in [-0.05, 0) is 98.0 Å². The van der Waals surface area contributed by atoms with Gasteiger partial charge in [-0.3, -0.25) is 4.90 Å². The van der Waals surface area contributed by atoms with Crippen LogP contribution in [0.4, 0.5) is 9.18 Å². The molecule has 1 heterocycles. The molecule has 6 rings (SSSR count). The molecule has 0 radical (unpaired) electrons. The quantitative estimate of drug-likeness (QED) is 0.0316. The normalized spacial score (nSPS) is 23.4. The van der Waals surface area contributed by atoms with Gasteiger partial charge in [-0.1, -0.05) is 60.5 Å². The van der Waals surface area contributed by atoms with Crippen molar-refractivity contribution in [1.82, 2.24) is 4.90 Å². The van der Waals surface area contributed by atoms with E-state index in [0.717, 1.165) is 42.6 Å². The number of hydrogen-bond acceptors (Lipinski definition) is 10. The molecule has 1 fully saturated rings. The van der Waals surface area contributed by atoms with Crippen molar-refractivity contribution >= 4 is 35.2 Å². The van der Waals surface area contributed by atoms with E-state index in [1.165, 1.54) is 17.0 Å². The number of thioether (sulfide) groups is 1. The lowest BCUT2D eigenvalue weighted by Crippen LogP contribution is -2.70. The topological polar surface area (TPSA) is 119 Å². The number of allylic oxidation sites excluding steroid dienone is 1. The molecular formula is C47H58ClFN2O8S. The second kappa shape index (κ2) is 22.7. The third kappa shape index (κ3) is 10.9. The number of oxime groups is 1. The number of benzene rings is 3. The number of rotatable bonds is 23. The number of carbonyl (C=O) groups is 1. The van der Waals surface area contributed by atoms with Gasteiger partial charge in [-0.2, -0.15) is 0 Å². The molecule has 3 aromatic carbocycles. The molecule has 0 aromatic heterocycles. The molecular weight excluding hydrogens is 807 g/mol. The van der Waals surface area contributed by atoms with Crippen LogP contribution in [0.5, 0.6) is 11.5 Å². The summed E-state index contributed by atoms with van der Waals surface area (Å²) in [6, 6.07) is 21.4. The second-order valence-electron chi connectivity index (χ2n) is 15.3. The Balaban J connectivity index is 1.52. The molecule has 3 aliphatic rings. The summed E-state index contributed by atoms with van der Waals surface area (Å²) in [5, 5.41) is 24.5. The van der Waals surface area contributed by atoms with Gasteiger partial charge in [0.05, 0.1) is 30.7 Å². The van der Waals surface area contributed by atoms with Crippen LogP contribution in [0.2, 0.25) is 0 Å². The van der Waals surface area contributed by atoms with E-state index in [0.29, 0.717) is 48.8 Å². The number of hydrogen-bond donors (Lipinski definition) is 2. The van der Waals surface area contributed by atoms with Crippen LogP contribution in [0.15, 0.2) is 107 Å². The zero-order valence-corrected chi connectivity index (χ0v) is 36.0. The second-order valence-corrected chi connectivity index (χ2v) is 16.8. The molecule has 0 saturated heterocycles. The van der Waals surface area contributed by atoms with E-state index in [2.05, 4.69) is 30.9 Å². The van der Waals surface area contributed by atoms with Crippen LogP contribution in [-0.4, -0.2) is 90.0 Å². The maximum Gasteiger partial charge on any atom is 0.410 e. The van der Waals surface area contributed by atoms with Crippen LogP contribution in [-0.2, 0) is 20.9 Å². The number of fused-ring (bicyclic) bond motifs is 2. The van der Waals surface area contributed by atoms with Crippen LogP contribution in [0.3, 0.4) is 0 Å². The maximum atomic E-state index is 14.4. The molecule has 0 spiro atoms. The molecule has 1 aliphatic heterocycles. The van der Waals surface area contributed by atoms with Crippen molar-refractivity contribution in [2.45, 2.75) is 81.1 Å². The largest absolute Gasteiger partial charge is 0.493 e. The van der Waals surface area contributed by atoms with E-state index in [4.69, 9.17) is 40.5 Å². The van der Waals surface area contributed by atoms with Gasteiger partial charge in [-0.15, -0.1) is 29.9 Å². The average molecular weight is 866 g/mol. The van der Waals surface area contributed by atoms with E-state index in [1.807, 2.05) is 37.3 Å². The summed E-state index contributed by atoms with van der Waals surface area (Å²) >= 11 is 7.78. The Hall–Kier alpha value is -4.07. The fourth-order valence-electron chi connectivity index (χ4n) is 9.01. The smallest absolute Gasteiger partial charge is 0.410 e. The van der Waals surface area contributed by atoms with Crippen molar-refractivity contribution in [3.05, 3.63) is 114 Å². The third-order valence-electron chi connectivity index (χ3n) is 11.5. The monoisotopic (exact) mass is 864 g/mol. The van der Waals surface area contributed by atoms with Gasteiger partial charge in [0, 0.05) is 48.3 Å². The Bertz CT molecular complexity index is 1900. The molecule has 60 heavy (non-hydrogen) atoms. The molecule has 2 aliphatic carbocycles. The number of carbonyl (C=O) groups excluding carboxylic acids is 1. The average Bonchev–Trinajstić information content (AvgIpc) is 3.27. The maximum absolute atomic E-state index is 14.4. The van der Waals surface area contributed by atoms with Gasteiger partial charge in [-0.25, -0.2) is 9.18 Å². The number of aliphatic hydroxyl groups is 2. The highest BCUT2D eigenvalue weighted by Gasteiger charge is 2.65. The molecule has 1 saturated carbocycles. The molecule has 324 valence electrons. The summed E-state index contributed by atoms with van der Waals surface area (Å²) < 4.78 is 40.7. The first-order valence-electron chi connectivity index (χ1n) is 21.1. The molecule has 0 unspecified atom stereocenters. The SMILES string of the molecule is C=CCO[C@@]12Oc3ccc(OCCSc4ccccc4)cc3[C@H]3[C@H](CCCCO)[C@@H](CCCCO)C=C(C(=NOCC)C[C@@H]1N(Cc1ccc(F)cc1)C(=O)OCCCl)[C@H]32. The van der Waals surface area contributed by atoms with Crippen LogP contribution in [0.25, 0.3) is 0 Å². The summed E-state index contributed by atoms with van der Waals surface area (Å²) in [7, 11) is 0. The predicted molar refractivity (Wildman–Crippen MR) is 233 cm³/mol. The predicted octanol–water partition coefficient (Wildman–Crippen LogP) is 9.53. The highest BCUT2D eigenvalue weighted by molar-refractivity contribution is 7.99. The minimum atomic E-state index is -1.48. The first-order chi connectivity index (χ1) is 29.4. The summed E-state index contributed by atoms with van der Waals surface area (Å²) in [6.07, 6.45) is 8.09. The number of aliphatic hydroxyl groups excluding tert-OH is 2. The van der Waals surface area contributed by atoms with Gasteiger partial charge in [0.2, 0.25) is 5.79 Å². The van der Waals surface area contributed by atoms with Gasteiger partial charge < -0.3 is 34.0 Å². The first kappa shape index (κ1) is 45.5. The minimum Gasteiger partial charge on any atom is -0.493 e. The van der Waals surface area contributed by atoms with Crippen molar-refractivity contribution < 1.29 is 43.2 Å². The van der Waals surface area contributed by atoms with Gasteiger partial charge in [0.25, 0.3) is 0 Å². The number of nitrogens with zero attached hydrogens (tertiary/aromatic N) is 2. The Kier molecular flexibility index (Phi) is 17.2. The fourth-order valence-corrected chi connectivity index (χ4v) is 9.84. The molecule has 0 bridgehead atoms. The van der Waals surface area contributed by atoms with Gasteiger partial charge in [0.1, 0.15) is 36.6 Å². The van der Waals surface area contributed by atoms with Crippen LogP contribution < -0.4 is 9.47 Å². The summed E-state index contributed by atoms with van der Waals surface area (Å²) in [5.41, 5.74) is 3.23.